The molecule has 4 aliphatic rings. The first kappa shape index (κ1) is 64.8. The third-order valence-electron chi connectivity index (χ3n) is 13.8. The lowest BCUT2D eigenvalue weighted by molar-refractivity contribution is -0.118. The number of amides is 1. The van der Waals surface area contributed by atoms with Gasteiger partial charge < -0.3 is 25.1 Å². The number of Topliss-reactive ketones (excluding diaryl/α,β-unsaturated/α-hetero) is 2. The molecule has 15 nitrogen and oxygen atoms in total. The van der Waals surface area contributed by atoms with E-state index in [1.54, 1.807) is 48.5 Å². The molecule has 0 unspecified atom stereocenters. The maximum absolute atomic E-state index is 15.7. The number of terminal acetylenes is 2. The number of aliphatic hydroxyl groups is 1. The fourth-order valence-electron chi connectivity index (χ4n) is 9.20. The van der Waals surface area contributed by atoms with Gasteiger partial charge >= 0.3 is 6.09 Å². The molecule has 1 amide bonds. The molecule has 4 heterocycles. The minimum absolute atomic E-state index is 0.00767. The fourth-order valence-corrected chi connectivity index (χ4v) is 13.0. The van der Waals surface area contributed by atoms with Gasteiger partial charge in [0.1, 0.15) is 58.2 Å². The summed E-state index contributed by atoms with van der Waals surface area (Å²) >= 11 is 8.20. The number of thioether (sulfide) groups is 2. The molecule has 2 aliphatic heterocycles. The van der Waals surface area contributed by atoms with Crippen molar-refractivity contribution in [2.45, 2.75) is 139 Å². The summed E-state index contributed by atoms with van der Waals surface area (Å²) in [6.45, 7) is 22.0. The number of halogens is 5. The van der Waals surface area contributed by atoms with Crippen molar-refractivity contribution in [3.8, 4) is 30.6 Å². The molecular formula is C59H67ClF4N8O7S2Si. The first-order chi connectivity index (χ1) is 38.2. The van der Waals surface area contributed by atoms with Gasteiger partial charge in [0.25, 0.3) is 0 Å². The Bertz CT molecular complexity index is 3290. The van der Waals surface area contributed by atoms with Gasteiger partial charge in [-0.05, 0) is 129 Å². The van der Waals surface area contributed by atoms with E-state index in [9.17, 15) is 23.2 Å². The number of benzene rings is 2. The Hall–Kier alpha value is -6.40. The number of nitrogens with two attached hydrogens (primary N) is 1. The lowest BCUT2D eigenvalue weighted by atomic mass is 9.84. The van der Waals surface area contributed by atoms with Gasteiger partial charge in [-0.15, -0.1) is 12.8 Å². The molecule has 8 atom stereocenters. The summed E-state index contributed by atoms with van der Waals surface area (Å²) in [6, 6.07) is 9.33. The van der Waals surface area contributed by atoms with Crippen LogP contribution in [0.5, 0.6) is 5.88 Å². The van der Waals surface area contributed by atoms with E-state index in [4.69, 9.17) is 48.1 Å². The Balaban J connectivity index is 0.000000251. The second kappa shape index (κ2) is 25.6. The van der Waals surface area contributed by atoms with Crippen molar-refractivity contribution in [1.29, 1.82) is 0 Å². The molecule has 8 rings (SSSR count). The monoisotopic (exact) mass is 1200 g/mol. The molecule has 0 radical (unpaired) electrons. The van der Waals surface area contributed by atoms with E-state index in [1.165, 1.54) is 116 Å². The standard InChI is InChI=1S/C31H39ClF2N4O4SSi.C24H22F2N4O2S.C4H6O/c1-19(39)31-15-25(31)30(5,21-13-20(9-10-22(21)33)14-23(34)24-16-36-26(32)17-35-24)37-27(43-31)38(28(40)42-29(2,3)4)18-41-11-12-44(6,7)8;1-5-13(2)32-21-12-28-19(11-29-21)18(26)9-15-6-7-17(25)16(8-15)23(4)20-10-24(20,14(3)31)33-22(27)30-23;1-3-4(2)5/h9-10,13-14,16-17,25H,11-12,15,18H2,1-8H3;1,6-9,11-13,20H,10H2,2-4H3,(H2,27,30);1,4-5H,2H3/b23-14-;18-9-;/t25-,30+,31+;13-,20-,23+,24+;4-/m000/s1. The maximum Gasteiger partial charge on any atom is 0.418 e. The highest BCUT2D eigenvalue weighted by atomic mass is 35.5. The molecular weight excluding hydrogens is 1140 g/mol. The molecule has 436 valence electrons. The van der Waals surface area contributed by atoms with E-state index in [1.807, 2.05) is 0 Å². The SMILES string of the molecule is C#C[C@H](C)O.C#C[C@H](C)Oc1cnc(/C(F)=C/c2ccc(F)c([C@@]3(C)N=C(N)S[C@@]4(C(C)=O)C[C@H]43)c2)cn1.CC(=O)[C@]12C[C@H]1[C@@](C)(c1cc(/C=C(\F)c3cnc(Cl)cn3)ccc1F)N=C(N(COCC[Si](C)(C)C)C(=O)OC(C)(C)C)S2. The van der Waals surface area contributed by atoms with E-state index in [0.29, 0.717) is 30.6 Å². The zero-order chi connectivity index (χ0) is 60.9. The van der Waals surface area contributed by atoms with Gasteiger partial charge in [0.2, 0.25) is 5.88 Å². The number of carbonyl (C=O) groups is 3. The van der Waals surface area contributed by atoms with E-state index >= 15 is 8.78 Å². The van der Waals surface area contributed by atoms with Crippen LogP contribution in [0.15, 0.2) is 71.2 Å². The largest absolute Gasteiger partial charge is 0.460 e. The van der Waals surface area contributed by atoms with Gasteiger partial charge in [-0.1, -0.05) is 78.7 Å². The van der Waals surface area contributed by atoms with E-state index in [-0.39, 0.29) is 74.0 Å². The summed E-state index contributed by atoms with van der Waals surface area (Å²) in [7, 11) is -1.41. The van der Waals surface area contributed by atoms with Crippen LogP contribution in [0.25, 0.3) is 23.8 Å². The summed E-state index contributed by atoms with van der Waals surface area (Å²) < 4.78 is 75.9. The smallest absolute Gasteiger partial charge is 0.418 e. The number of aliphatic hydroxyl groups excluding tert-OH is 1. The average molecular weight is 1200 g/mol. The van der Waals surface area contributed by atoms with Crippen LogP contribution in [0.4, 0.5) is 22.4 Å². The van der Waals surface area contributed by atoms with Crippen LogP contribution < -0.4 is 10.5 Å². The van der Waals surface area contributed by atoms with Gasteiger partial charge in [0.15, 0.2) is 28.1 Å². The van der Waals surface area contributed by atoms with Crippen molar-refractivity contribution in [3.63, 3.8) is 0 Å². The van der Waals surface area contributed by atoms with Crippen molar-refractivity contribution in [2.24, 2.45) is 27.6 Å². The Labute approximate surface area is 490 Å². The van der Waals surface area contributed by atoms with Gasteiger partial charge in [-0.25, -0.2) is 47.2 Å². The van der Waals surface area contributed by atoms with Gasteiger partial charge in [-0.3, -0.25) is 19.6 Å². The first-order valence-corrected chi connectivity index (χ1v) is 31.8. The number of carbonyl (C=O) groups excluding carboxylic acids is 3. The second-order valence-corrected chi connectivity index (χ2v) is 31.4. The number of amidine groups is 2. The lowest BCUT2D eigenvalue weighted by Crippen LogP contribution is -2.46. The van der Waals surface area contributed by atoms with Gasteiger partial charge in [0.05, 0.1) is 45.4 Å². The third-order valence-corrected chi connectivity index (χ3v) is 18.7. The number of fused-ring (bicyclic) bond motifs is 2. The van der Waals surface area contributed by atoms with Gasteiger partial charge in [0, 0.05) is 37.6 Å². The number of hydrogen-bond donors (Lipinski definition) is 2. The zero-order valence-electron chi connectivity index (χ0n) is 47.7. The van der Waals surface area contributed by atoms with Crippen LogP contribution in [0, 0.1) is 48.2 Å². The fraction of sp³-hybridized carbons (Fsp3) is 0.441. The number of aromatic nitrogens is 4. The van der Waals surface area contributed by atoms with E-state index in [0.717, 1.165) is 6.04 Å². The number of hydrogen-bond acceptors (Lipinski definition) is 16. The van der Waals surface area contributed by atoms with E-state index in [2.05, 4.69) is 62.8 Å². The minimum Gasteiger partial charge on any atom is -0.460 e. The van der Waals surface area contributed by atoms with Crippen molar-refractivity contribution in [2.75, 3.05) is 13.3 Å². The number of rotatable bonds is 15. The summed E-state index contributed by atoms with van der Waals surface area (Å²) in [5.74, 6) is 1.61. The molecule has 23 heteroatoms. The minimum atomic E-state index is -1.41. The molecule has 82 heavy (non-hydrogen) atoms. The van der Waals surface area contributed by atoms with Crippen molar-refractivity contribution >= 4 is 95.0 Å². The topological polar surface area (TPSA) is 205 Å². The third kappa shape index (κ3) is 15.4. The van der Waals surface area contributed by atoms with Crippen LogP contribution in [0.2, 0.25) is 30.8 Å². The molecule has 2 saturated carbocycles. The number of nitrogens with zero attached hydrogens (tertiary/aromatic N) is 7. The average Bonchev–Trinajstić information content (AvgIpc) is 4.17. The number of aliphatic imine (C=N–C) groups is 2. The van der Waals surface area contributed by atoms with Crippen LogP contribution >= 0.6 is 35.1 Å². The Morgan fingerprint density at radius 2 is 1.34 bits per heavy atom. The molecule has 2 aromatic carbocycles. The highest BCUT2D eigenvalue weighted by Crippen LogP contribution is 2.68. The number of ketones is 2. The highest BCUT2D eigenvalue weighted by molar-refractivity contribution is 8.16. The van der Waals surface area contributed by atoms with E-state index < -0.39 is 75.8 Å². The predicted octanol–water partition coefficient (Wildman–Crippen LogP) is 12.1. The highest BCUT2D eigenvalue weighted by Gasteiger charge is 2.71. The Morgan fingerprint density at radius 1 is 0.841 bits per heavy atom. The molecule has 0 spiro atoms. The summed E-state index contributed by atoms with van der Waals surface area (Å²) in [4.78, 5) is 65.4. The molecule has 0 saturated heterocycles. The molecule has 2 aromatic heterocycles. The lowest BCUT2D eigenvalue weighted by Gasteiger charge is -2.37. The maximum atomic E-state index is 15.7. The summed E-state index contributed by atoms with van der Waals surface area (Å²) in [5.41, 5.74) is 4.10. The van der Waals surface area contributed by atoms with Gasteiger partial charge in [-0.2, -0.15) is 0 Å². The molecule has 0 bridgehead atoms. The Kier molecular flexibility index (Phi) is 20.2. The molecule has 2 fully saturated rings. The van der Waals surface area contributed by atoms with Crippen LogP contribution in [0.3, 0.4) is 0 Å². The predicted molar refractivity (Wildman–Crippen MR) is 318 cm³/mol. The molecule has 2 aliphatic carbocycles. The zero-order valence-corrected chi connectivity index (χ0v) is 51.1. The summed E-state index contributed by atoms with van der Waals surface area (Å²) in [5, 5.41) is 8.70. The molecule has 3 N–H and O–H groups in total. The second-order valence-electron chi connectivity index (χ2n) is 22.7. The van der Waals surface area contributed by atoms with Crippen LogP contribution in [0.1, 0.15) is 109 Å². The number of ether oxygens (including phenoxy) is 3. The quantitative estimate of drug-likeness (QED) is 0.0374. The summed E-state index contributed by atoms with van der Waals surface area (Å²) in [6.07, 6.45) is 16.6. The van der Waals surface area contributed by atoms with Crippen LogP contribution in [-0.4, -0.2) is 107 Å². The van der Waals surface area contributed by atoms with Crippen molar-refractivity contribution in [3.05, 3.63) is 112 Å². The van der Waals surface area contributed by atoms with Crippen molar-refractivity contribution < 1.29 is 51.3 Å². The molecule has 4 aromatic rings. The first-order valence-electron chi connectivity index (χ1n) is 26.1. The van der Waals surface area contributed by atoms with Crippen molar-refractivity contribution in [1.82, 2.24) is 24.8 Å². The normalized spacial score (nSPS) is 24.3. The van der Waals surface area contributed by atoms with Crippen LogP contribution in [-0.2, 0) is 30.1 Å². The Morgan fingerprint density at radius 3 is 1.78 bits per heavy atom.